The molecule has 1 amide bonds. The first-order chi connectivity index (χ1) is 15.9. The Bertz CT molecular complexity index is 1270. The predicted octanol–water partition coefficient (Wildman–Crippen LogP) is 2.85. The zero-order chi connectivity index (χ0) is 23.0. The van der Waals surface area contributed by atoms with Gasteiger partial charge in [0.15, 0.2) is 0 Å². The molecule has 2 N–H and O–H groups in total. The van der Waals surface area contributed by atoms with E-state index >= 15 is 0 Å². The Labute approximate surface area is 193 Å². The second-order valence-electron chi connectivity index (χ2n) is 8.30. The number of nitrogens with zero attached hydrogens (tertiary/aromatic N) is 2. The Morgan fingerprint density at radius 3 is 2.24 bits per heavy atom. The average molecular weight is 464 g/mol. The zero-order valence-electron chi connectivity index (χ0n) is 18.1. The molecule has 5 rings (SSSR count). The lowest BCUT2D eigenvalue weighted by Gasteiger charge is -2.29. The topological polar surface area (TPSA) is 92.9 Å². The van der Waals surface area contributed by atoms with Gasteiger partial charge in [0, 0.05) is 24.5 Å². The van der Waals surface area contributed by atoms with Crippen molar-refractivity contribution >= 4 is 27.3 Å². The minimum Gasteiger partial charge on any atom is -0.378 e. The highest BCUT2D eigenvalue weighted by Gasteiger charge is 2.38. The van der Waals surface area contributed by atoms with Gasteiger partial charge >= 0.3 is 0 Å². The van der Waals surface area contributed by atoms with Crippen molar-refractivity contribution < 1.29 is 17.9 Å². The van der Waals surface area contributed by atoms with Gasteiger partial charge in [-0.2, -0.15) is 0 Å². The van der Waals surface area contributed by atoms with Crippen LogP contribution in [0.15, 0.2) is 77.7 Å². The second kappa shape index (κ2) is 8.62. The van der Waals surface area contributed by atoms with Crippen molar-refractivity contribution in [3.05, 3.63) is 89.5 Å². The summed E-state index contributed by atoms with van der Waals surface area (Å²) in [6.07, 6.45) is 0. The number of anilines is 2. The van der Waals surface area contributed by atoms with Crippen LogP contribution in [0.2, 0.25) is 0 Å². The molecule has 1 atom stereocenters. The number of hydrogen-bond acceptors (Lipinski definition) is 5. The van der Waals surface area contributed by atoms with Gasteiger partial charge in [-0.15, -0.1) is 0 Å². The number of sulfonamides is 1. The smallest absolute Gasteiger partial charge is 0.239 e. The molecule has 3 aromatic rings. The first-order valence-corrected chi connectivity index (χ1v) is 12.4. The van der Waals surface area contributed by atoms with Crippen LogP contribution in [0.5, 0.6) is 0 Å². The Hall–Kier alpha value is -3.20. The third-order valence-electron chi connectivity index (χ3n) is 6.25. The van der Waals surface area contributed by atoms with Crippen molar-refractivity contribution in [2.24, 2.45) is 5.14 Å². The van der Waals surface area contributed by atoms with Crippen LogP contribution in [-0.2, 0) is 26.1 Å². The molecule has 1 saturated heterocycles. The van der Waals surface area contributed by atoms with Gasteiger partial charge in [0.1, 0.15) is 0 Å². The number of ether oxygens (including phenoxy) is 1. The predicted molar refractivity (Wildman–Crippen MR) is 127 cm³/mol. The fourth-order valence-corrected chi connectivity index (χ4v) is 5.05. The fraction of sp³-hybridized carbons (Fsp3) is 0.240. The molecule has 7 nitrogen and oxygen atoms in total. The number of primary sulfonamides is 1. The molecule has 2 heterocycles. The molecule has 3 aromatic carbocycles. The van der Waals surface area contributed by atoms with Crippen LogP contribution >= 0.6 is 0 Å². The number of amides is 1. The van der Waals surface area contributed by atoms with Crippen LogP contribution in [0.4, 0.5) is 11.4 Å². The molecule has 8 heteroatoms. The van der Waals surface area contributed by atoms with Gasteiger partial charge in [0.2, 0.25) is 15.9 Å². The Morgan fingerprint density at radius 1 is 0.909 bits per heavy atom. The molecule has 0 bridgehead atoms. The number of hydrogen-bond donors (Lipinski definition) is 1. The number of rotatable bonds is 5. The molecule has 1 fully saturated rings. The van der Waals surface area contributed by atoms with Gasteiger partial charge in [-0.3, -0.25) is 4.79 Å². The number of benzene rings is 3. The van der Waals surface area contributed by atoms with Gasteiger partial charge in [0.05, 0.1) is 30.6 Å². The summed E-state index contributed by atoms with van der Waals surface area (Å²) < 4.78 is 28.6. The van der Waals surface area contributed by atoms with E-state index in [9.17, 15) is 13.2 Å². The van der Waals surface area contributed by atoms with Crippen molar-refractivity contribution in [2.45, 2.75) is 17.4 Å². The summed E-state index contributed by atoms with van der Waals surface area (Å²) >= 11 is 0. The monoisotopic (exact) mass is 463 g/mol. The second-order valence-corrected chi connectivity index (χ2v) is 9.86. The summed E-state index contributed by atoms with van der Waals surface area (Å²) in [5, 5.41) is 5.22. The highest BCUT2D eigenvalue weighted by atomic mass is 32.2. The highest BCUT2D eigenvalue weighted by molar-refractivity contribution is 7.89. The fourth-order valence-electron chi connectivity index (χ4n) is 4.54. The normalized spacial score (nSPS) is 18.5. The molecule has 0 saturated carbocycles. The van der Waals surface area contributed by atoms with E-state index in [-0.39, 0.29) is 10.8 Å². The first-order valence-electron chi connectivity index (χ1n) is 10.9. The first kappa shape index (κ1) is 21.6. The zero-order valence-corrected chi connectivity index (χ0v) is 18.9. The SMILES string of the molecule is NS(=O)(=O)c1ccc(C2C(=O)N(Cc3ccc(N4CCOCC4)cc3)c3ccccc32)cc1. The van der Waals surface area contributed by atoms with Crippen molar-refractivity contribution in [3.8, 4) is 0 Å². The minimum atomic E-state index is -3.79. The number of carbonyl (C=O) groups is 1. The maximum atomic E-state index is 13.5. The van der Waals surface area contributed by atoms with E-state index in [4.69, 9.17) is 9.88 Å². The van der Waals surface area contributed by atoms with E-state index in [1.54, 1.807) is 17.0 Å². The molecule has 170 valence electrons. The summed E-state index contributed by atoms with van der Waals surface area (Å²) in [7, 11) is -3.79. The lowest BCUT2D eigenvalue weighted by Crippen LogP contribution is -2.36. The number of para-hydroxylation sites is 1. The quantitative estimate of drug-likeness (QED) is 0.628. The van der Waals surface area contributed by atoms with Gasteiger partial charge in [-0.25, -0.2) is 13.6 Å². The van der Waals surface area contributed by atoms with Crippen LogP contribution in [0.25, 0.3) is 0 Å². The molecule has 33 heavy (non-hydrogen) atoms. The molecule has 0 spiro atoms. The molecule has 0 aromatic heterocycles. The molecule has 2 aliphatic rings. The summed E-state index contributed by atoms with van der Waals surface area (Å²) in [5.74, 6) is -0.514. The van der Waals surface area contributed by atoms with Gasteiger partial charge in [0.25, 0.3) is 0 Å². The van der Waals surface area contributed by atoms with E-state index in [1.807, 2.05) is 24.3 Å². The maximum Gasteiger partial charge on any atom is 0.239 e. The standard InChI is InChI=1S/C25H25N3O4S/c26-33(30,31)21-11-7-19(8-12-21)24-22-3-1-2-4-23(22)28(25(24)29)17-18-5-9-20(10-6-18)27-13-15-32-16-14-27/h1-12,24H,13-17H2,(H2,26,30,31). The van der Waals surface area contributed by atoms with Crippen molar-refractivity contribution in [3.63, 3.8) is 0 Å². The third-order valence-corrected chi connectivity index (χ3v) is 7.18. The summed E-state index contributed by atoms with van der Waals surface area (Å²) in [5.41, 5.74) is 4.73. The van der Waals surface area contributed by atoms with Gasteiger partial charge in [-0.05, 0) is 47.0 Å². The van der Waals surface area contributed by atoms with Crippen LogP contribution in [0.1, 0.15) is 22.6 Å². The molecule has 1 unspecified atom stereocenters. The van der Waals surface area contributed by atoms with Gasteiger partial charge < -0.3 is 14.5 Å². The number of carbonyl (C=O) groups excluding carboxylic acids is 1. The number of fused-ring (bicyclic) bond motifs is 1. The van der Waals surface area contributed by atoms with E-state index in [0.717, 1.165) is 54.4 Å². The van der Waals surface area contributed by atoms with E-state index in [1.165, 1.54) is 12.1 Å². The lowest BCUT2D eigenvalue weighted by atomic mass is 9.93. The molecule has 2 aliphatic heterocycles. The van der Waals surface area contributed by atoms with Crippen molar-refractivity contribution in [1.82, 2.24) is 0 Å². The van der Waals surface area contributed by atoms with E-state index in [0.29, 0.717) is 6.54 Å². The van der Waals surface area contributed by atoms with Crippen molar-refractivity contribution in [2.75, 3.05) is 36.1 Å². The van der Waals surface area contributed by atoms with E-state index in [2.05, 4.69) is 29.2 Å². The highest BCUT2D eigenvalue weighted by Crippen LogP contribution is 2.42. The number of nitrogens with two attached hydrogens (primary N) is 1. The summed E-state index contributed by atoms with van der Waals surface area (Å²) in [6, 6.07) is 22.3. The van der Waals surface area contributed by atoms with E-state index < -0.39 is 15.9 Å². The average Bonchev–Trinajstić information content (AvgIpc) is 3.11. The van der Waals surface area contributed by atoms with Crippen LogP contribution in [0.3, 0.4) is 0 Å². The maximum absolute atomic E-state index is 13.5. The molecule has 0 radical (unpaired) electrons. The third kappa shape index (κ3) is 4.25. The molecular formula is C25H25N3O4S. The Kier molecular flexibility index (Phi) is 5.65. The van der Waals surface area contributed by atoms with Crippen LogP contribution in [-0.4, -0.2) is 40.6 Å². The number of morpholine rings is 1. The summed E-state index contributed by atoms with van der Waals surface area (Å²) in [4.78, 5) is 17.7. The Morgan fingerprint density at radius 2 is 1.58 bits per heavy atom. The van der Waals surface area contributed by atoms with Crippen LogP contribution in [0, 0.1) is 0 Å². The van der Waals surface area contributed by atoms with Crippen LogP contribution < -0.4 is 14.9 Å². The van der Waals surface area contributed by atoms with Crippen molar-refractivity contribution in [1.29, 1.82) is 0 Å². The minimum absolute atomic E-state index is 0.0298. The van der Waals surface area contributed by atoms with Gasteiger partial charge in [-0.1, -0.05) is 42.5 Å². The largest absolute Gasteiger partial charge is 0.378 e. The summed E-state index contributed by atoms with van der Waals surface area (Å²) in [6.45, 7) is 3.69. The molecule has 0 aliphatic carbocycles. The Balaban J connectivity index is 1.40. The molecular weight excluding hydrogens is 438 g/mol. The lowest BCUT2D eigenvalue weighted by molar-refractivity contribution is -0.118.